The second kappa shape index (κ2) is 7.36. The van der Waals surface area contributed by atoms with E-state index in [4.69, 9.17) is 16.3 Å². The van der Waals surface area contributed by atoms with Crippen LogP contribution in [0.4, 0.5) is 0 Å². The zero-order chi connectivity index (χ0) is 16.2. The van der Waals surface area contributed by atoms with Gasteiger partial charge in [0.2, 0.25) is 5.16 Å². The number of nitrogens with zero attached hydrogens (tertiary/aromatic N) is 2. The van der Waals surface area contributed by atoms with E-state index in [1.807, 2.05) is 25.1 Å². The molecule has 0 bridgehead atoms. The van der Waals surface area contributed by atoms with Gasteiger partial charge in [0.25, 0.3) is 0 Å². The van der Waals surface area contributed by atoms with Gasteiger partial charge in [-0.05, 0) is 43.5 Å². The number of benzene rings is 1. The van der Waals surface area contributed by atoms with Crippen molar-refractivity contribution in [3.63, 3.8) is 0 Å². The molecule has 0 radical (unpaired) electrons. The van der Waals surface area contributed by atoms with E-state index < -0.39 is 0 Å². The van der Waals surface area contributed by atoms with Gasteiger partial charge in [0.1, 0.15) is 18.1 Å². The number of halogens is 1. The highest BCUT2D eigenvalue weighted by molar-refractivity contribution is 8.00. The third kappa shape index (κ3) is 4.26. The Bertz CT molecular complexity index is 704. The lowest BCUT2D eigenvalue weighted by molar-refractivity contribution is -0.119. The Morgan fingerprint density at radius 3 is 3.09 bits per heavy atom. The number of rotatable bonds is 5. The lowest BCUT2D eigenvalue weighted by Crippen LogP contribution is -2.21. The third-order valence-electron chi connectivity index (χ3n) is 3.76. The number of aromatic amines is 1. The molecule has 0 aliphatic heterocycles. The van der Waals surface area contributed by atoms with E-state index in [0.717, 1.165) is 30.6 Å². The predicted octanol–water partition coefficient (Wildman–Crippen LogP) is 3.95. The van der Waals surface area contributed by atoms with Gasteiger partial charge in [-0.2, -0.15) is 0 Å². The molecular weight excluding hydrogens is 334 g/mol. The summed E-state index contributed by atoms with van der Waals surface area (Å²) in [5.74, 6) is 1.68. The summed E-state index contributed by atoms with van der Waals surface area (Å²) in [5.41, 5.74) is 0.966. The van der Waals surface area contributed by atoms with Gasteiger partial charge in [0.05, 0.1) is 5.25 Å². The minimum Gasteiger partial charge on any atom is -0.486 e. The lowest BCUT2D eigenvalue weighted by Gasteiger charge is -2.17. The average Bonchev–Trinajstić information content (AvgIpc) is 2.98. The molecule has 5 nitrogen and oxygen atoms in total. The molecule has 0 spiro atoms. The minimum absolute atomic E-state index is 0.00719. The maximum Gasteiger partial charge on any atom is 0.209 e. The smallest absolute Gasteiger partial charge is 0.209 e. The number of H-pyrrole nitrogens is 1. The highest BCUT2D eigenvalue weighted by Gasteiger charge is 2.24. The van der Waals surface area contributed by atoms with Crippen molar-refractivity contribution in [2.24, 2.45) is 0 Å². The molecule has 7 heteroatoms. The van der Waals surface area contributed by atoms with Crippen LogP contribution in [0.5, 0.6) is 5.75 Å². The molecule has 1 heterocycles. The van der Waals surface area contributed by atoms with Crippen LogP contribution in [0.3, 0.4) is 0 Å². The van der Waals surface area contributed by atoms with E-state index in [1.165, 1.54) is 11.8 Å². The molecule has 122 valence electrons. The van der Waals surface area contributed by atoms with Crippen molar-refractivity contribution in [1.82, 2.24) is 15.2 Å². The maximum atomic E-state index is 11.9. The first-order chi connectivity index (χ1) is 11.1. The van der Waals surface area contributed by atoms with Crippen LogP contribution in [0.1, 0.15) is 37.1 Å². The summed E-state index contributed by atoms with van der Waals surface area (Å²) in [6.45, 7) is 2.23. The minimum atomic E-state index is -0.00719. The first-order valence-corrected chi connectivity index (χ1v) is 8.87. The summed E-state index contributed by atoms with van der Waals surface area (Å²) >= 11 is 7.43. The molecule has 1 saturated carbocycles. The number of ether oxygens (including phenoxy) is 1. The van der Waals surface area contributed by atoms with Crippen LogP contribution in [0.2, 0.25) is 5.02 Å². The molecule has 1 unspecified atom stereocenters. The summed E-state index contributed by atoms with van der Waals surface area (Å²) in [4.78, 5) is 16.2. The van der Waals surface area contributed by atoms with E-state index >= 15 is 0 Å². The van der Waals surface area contributed by atoms with Gasteiger partial charge in [-0.15, -0.1) is 5.10 Å². The van der Waals surface area contributed by atoms with E-state index in [-0.39, 0.29) is 5.25 Å². The lowest BCUT2D eigenvalue weighted by atomic mass is 9.99. The fraction of sp³-hybridized carbons (Fsp3) is 0.438. The van der Waals surface area contributed by atoms with Crippen molar-refractivity contribution in [1.29, 1.82) is 0 Å². The van der Waals surface area contributed by atoms with Gasteiger partial charge in [0, 0.05) is 11.4 Å². The number of hydrogen-bond donors (Lipinski definition) is 1. The highest BCUT2D eigenvalue weighted by atomic mass is 35.5. The number of aromatic nitrogens is 3. The predicted molar refractivity (Wildman–Crippen MR) is 90.0 cm³/mol. The monoisotopic (exact) mass is 351 g/mol. The molecule has 1 aliphatic rings. The number of ketones is 1. The van der Waals surface area contributed by atoms with Crippen molar-refractivity contribution >= 4 is 29.1 Å². The SMILES string of the molecule is Cc1cc(OCc2nc(SC3CCCCC3=O)n[nH]2)ccc1Cl. The standard InChI is InChI=1S/C16H18ClN3O2S/c1-10-8-11(6-7-12(10)17)22-9-15-18-16(20-19-15)23-14-5-3-2-4-13(14)21/h6-8,14H,2-5,9H2,1H3,(H,18,19,20). The number of nitrogens with one attached hydrogen (secondary N) is 1. The van der Waals surface area contributed by atoms with Crippen LogP contribution in [-0.4, -0.2) is 26.2 Å². The Morgan fingerprint density at radius 2 is 2.30 bits per heavy atom. The van der Waals surface area contributed by atoms with E-state index in [0.29, 0.717) is 34.8 Å². The molecule has 1 aliphatic carbocycles. The molecule has 1 N–H and O–H groups in total. The molecule has 0 saturated heterocycles. The van der Waals surface area contributed by atoms with Gasteiger partial charge in [-0.25, -0.2) is 4.98 Å². The van der Waals surface area contributed by atoms with E-state index in [1.54, 1.807) is 0 Å². The Morgan fingerprint density at radius 1 is 1.43 bits per heavy atom. The van der Waals surface area contributed by atoms with E-state index in [9.17, 15) is 4.79 Å². The largest absolute Gasteiger partial charge is 0.486 e. The molecule has 1 atom stereocenters. The van der Waals surface area contributed by atoms with Crippen molar-refractivity contribution < 1.29 is 9.53 Å². The molecular formula is C16H18ClN3O2S. The first-order valence-electron chi connectivity index (χ1n) is 7.61. The first kappa shape index (κ1) is 16.3. The number of carbonyl (C=O) groups is 1. The molecule has 0 amide bonds. The number of carbonyl (C=O) groups excluding carboxylic acids is 1. The van der Waals surface area contributed by atoms with Crippen LogP contribution >= 0.6 is 23.4 Å². The van der Waals surface area contributed by atoms with Crippen molar-refractivity contribution in [3.05, 3.63) is 34.6 Å². The second-order valence-electron chi connectivity index (χ2n) is 5.58. The van der Waals surface area contributed by atoms with Crippen LogP contribution in [0, 0.1) is 6.92 Å². The van der Waals surface area contributed by atoms with Crippen LogP contribution in [-0.2, 0) is 11.4 Å². The van der Waals surface area contributed by atoms with Gasteiger partial charge in [-0.3, -0.25) is 9.89 Å². The average molecular weight is 352 g/mol. The Kier molecular flexibility index (Phi) is 5.23. The Labute approximate surface area is 144 Å². The molecule has 23 heavy (non-hydrogen) atoms. The zero-order valence-corrected chi connectivity index (χ0v) is 14.4. The number of thioether (sulfide) groups is 1. The number of hydrogen-bond acceptors (Lipinski definition) is 5. The molecule has 1 aromatic carbocycles. The fourth-order valence-electron chi connectivity index (χ4n) is 2.46. The van der Waals surface area contributed by atoms with Crippen LogP contribution in [0.25, 0.3) is 0 Å². The van der Waals surface area contributed by atoms with Gasteiger partial charge in [0.15, 0.2) is 5.82 Å². The fourth-order valence-corrected chi connectivity index (χ4v) is 3.62. The topological polar surface area (TPSA) is 67.9 Å². The summed E-state index contributed by atoms with van der Waals surface area (Å²) in [6.07, 6.45) is 3.69. The van der Waals surface area contributed by atoms with E-state index in [2.05, 4.69) is 15.2 Å². The van der Waals surface area contributed by atoms with Crippen molar-refractivity contribution in [2.45, 2.75) is 49.6 Å². The van der Waals surface area contributed by atoms with Crippen LogP contribution in [0.15, 0.2) is 23.4 Å². The quantitative estimate of drug-likeness (QED) is 0.883. The Balaban J connectivity index is 1.56. The summed E-state index contributed by atoms with van der Waals surface area (Å²) < 4.78 is 5.68. The zero-order valence-electron chi connectivity index (χ0n) is 12.8. The normalized spacial score (nSPS) is 18.2. The number of Topliss-reactive ketones (excluding diaryl/α,β-unsaturated/α-hetero) is 1. The second-order valence-corrected chi connectivity index (χ2v) is 7.16. The highest BCUT2D eigenvalue weighted by Crippen LogP contribution is 2.29. The van der Waals surface area contributed by atoms with Crippen LogP contribution < -0.4 is 4.74 Å². The Hall–Kier alpha value is -1.53. The van der Waals surface area contributed by atoms with Gasteiger partial charge >= 0.3 is 0 Å². The summed E-state index contributed by atoms with van der Waals surface area (Å²) in [6, 6.07) is 5.51. The molecule has 2 aromatic rings. The molecule has 1 fully saturated rings. The maximum absolute atomic E-state index is 11.9. The van der Waals surface area contributed by atoms with Gasteiger partial charge in [-0.1, -0.05) is 29.8 Å². The molecule has 3 rings (SSSR count). The summed E-state index contributed by atoms with van der Waals surface area (Å²) in [5, 5.41) is 8.34. The van der Waals surface area contributed by atoms with Crippen molar-refractivity contribution in [2.75, 3.05) is 0 Å². The van der Waals surface area contributed by atoms with Crippen molar-refractivity contribution in [3.8, 4) is 5.75 Å². The third-order valence-corrected chi connectivity index (χ3v) is 5.36. The number of aryl methyl sites for hydroxylation is 1. The summed E-state index contributed by atoms with van der Waals surface area (Å²) in [7, 11) is 0. The molecule has 1 aromatic heterocycles. The van der Waals surface area contributed by atoms with Gasteiger partial charge < -0.3 is 4.74 Å².